The Morgan fingerprint density at radius 2 is 2.00 bits per heavy atom. The van der Waals surface area contributed by atoms with Gasteiger partial charge in [0, 0.05) is 24.7 Å². The number of sulfonamides is 1. The largest absolute Gasteiger partial charge is 0.312 e. The van der Waals surface area contributed by atoms with Gasteiger partial charge in [-0.1, -0.05) is 30.8 Å². The summed E-state index contributed by atoms with van der Waals surface area (Å²) in [5, 5.41) is 0. The molecule has 1 aliphatic heterocycles. The number of aromatic nitrogens is 1. The molecule has 9 heteroatoms. The van der Waals surface area contributed by atoms with Crippen LogP contribution >= 0.6 is 11.3 Å². The first-order valence-electron chi connectivity index (χ1n) is 11.0. The SMILES string of the molecule is C=CCn1c(=NC(=O)c2ccc(S(=O)(=O)N3CCCCC3CC)cc2)sc2cc(F)ccc21. The van der Waals surface area contributed by atoms with Crippen molar-refractivity contribution in [2.45, 2.75) is 50.1 Å². The number of hydrogen-bond donors (Lipinski definition) is 0. The molecule has 6 nitrogen and oxygen atoms in total. The molecule has 1 atom stereocenters. The van der Waals surface area contributed by atoms with Gasteiger partial charge in [-0.25, -0.2) is 12.8 Å². The van der Waals surface area contributed by atoms with Crippen LogP contribution in [-0.4, -0.2) is 35.8 Å². The topological polar surface area (TPSA) is 71.7 Å². The fraction of sp³-hybridized carbons (Fsp3) is 0.333. The molecular formula is C24H26FN3O3S2. The molecule has 0 aliphatic carbocycles. The summed E-state index contributed by atoms with van der Waals surface area (Å²) >= 11 is 1.22. The van der Waals surface area contributed by atoms with Gasteiger partial charge in [0.2, 0.25) is 10.0 Å². The Bertz CT molecular complexity index is 1360. The first kappa shape index (κ1) is 23.5. The molecule has 0 saturated carbocycles. The fourth-order valence-electron chi connectivity index (χ4n) is 4.19. The number of carbonyl (C=O) groups excluding carboxylic acids is 1. The highest BCUT2D eigenvalue weighted by molar-refractivity contribution is 7.89. The molecule has 0 bridgehead atoms. The molecule has 1 aliphatic rings. The van der Waals surface area contributed by atoms with Crippen molar-refractivity contribution < 1.29 is 17.6 Å². The Kier molecular flexibility index (Phi) is 6.92. The number of thiazole rings is 1. The molecule has 1 amide bonds. The molecule has 4 rings (SSSR count). The Morgan fingerprint density at radius 3 is 2.70 bits per heavy atom. The summed E-state index contributed by atoms with van der Waals surface area (Å²) in [5.74, 6) is -0.851. The van der Waals surface area contributed by atoms with E-state index in [-0.39, 0.29) is 22.3 Å². The van der Waals surface area contributed by atoms with Crippen molar-refractivity contribution in [1.82, 2.24) is 8.87 Å². The zero-order valence-electron chi connectivity index (χ0n) is 18.4. The highest BCUT2D eigenvalue weighted by Crippen LogP contribution is 2.27. The maximum Gasteiger partial charge on any atom is 0.279 e. The van der Waals surface area contributed by atoms with Crippen molar-refractivity contribution in [3.05, 3.63) is 71.3 Å². The number of benzene rings is 2. The van der Waals surface area contributed by atoms with Crippen LogP contribution in [0.1, 0.15) is 43.0 Å². The van der Waals surface area contributed by atoms with E-state index in [2.05, 4.69) is 11.6 Å². The van der Waals surface area contributed by atoms with Crippen LogP contribution < -0.4 is 4.80 Å². The van der Waals surface area contributed by atoms with Crippen molar-refractivity contribution in [2.24, 2.45) is 4.99 Å². The Balaban J connectivity index is 1.65. The quantitative estimate of drug-likeness (QED) is 0.472. The highest BCUT2D eigenvalue weighted by Gasteiger charge is 2.32. The zero-order chi connectivity index (χ0) is 23.6. The third-order valence-corrected chi connectivity index (χ3v) is 8.91. The van der Waals surface area contributed by atoms with E-state index >= 15 is 0 Å². The van der Waals surface area contributed by atoms with E-state index in [1.807, 2.05) is 6.92 Å². The zero-order valence-corrected chi connectivity index (χ0v) is 20.0. The predicted molar refractivity (Wildman–Crippen MR) is 128 cm³/mol. The number of nitrogens with zero attached hydrogens (tertiary/aromatic N) is 3. The summed E-state index contributed by atoms with van der Waals surface area (Å²) < 4.78 is 44.0. The number of piperidine rings is 1. The number of carbonyl (C=O) groups is 1. The number of hydrogen-bond acceptors (Lipinski definition) is 4. The van der Waals surface area contributed by atoms with Crippen LogP contribution in [0.25, 0.3) is 10.2 Å². The first-order valence-corrected chi connectivity index (χ1v) is 13.2. The summed E-state index contributed by atoms with van der Waals surface area (Å²) in [6.07, 6.45) is 5.22. The summed E-state index contributed by atoms with van der Waals surface area (Å²) in [6, 6.07) is 10.4. The summed E-state index contributed by atoms with van der Waals surface area (Å²) in [5.41, 5.74) is 1.05. The number of halogens is 1. The second-order valence-corrected chi connectivity index (χ2v) is 10.9. The van der Waals surface area contributed by atoms with Crippen LogP contribution in [0.3, 0.4) is 0 Å². The van der Waals surface area contributed by atoms with Crippen molar-refractivity contribution in [2.75, 3.05) is 6.54 Å². The Morgan fingerprint density at radius 1 is 1.24 bits per heavy atom. The predicted octanol–water partition coefficient (Wildman–Crippen LogP) is 4.72. The van der Waals surface area contributed by atoms with Gasteiger partial charge in [-0.2, -0.15) is 9.30 Å². The van der Waals surface area contributed by atoms with E-state index in [1.165, 1.54) is 47.7 Å². The van der Waals surface area contributed by atoms with Crippen molar-refractivity contribution in [1.29, 1.82) is 0 Å². The lowest BCUT2D eigenvalue weighted by Crippen LogP contribution is -2.43. The van der Waals surface area contributed by atoms with E-state index in [0.717, 1.165) is 31.2 Å². The van der Waals surface area contributed by atoms with Crippen LogP contribution in [0, 0.1) is 5.82 Å². The molecule has 33 heavy (non-hydrogen) atoms. The maximum atomic E-state index is 13.6. The van der Waals surface area contributed by atoms with Crippen LogP contribution in [0.4, 0.5) is 4.39 Å². The first-order chi connectivity index (χ1) is 15.8. The van der Waals surface area contributed by atoms with Gasteiger partial charge in [0.1, 0.15) is 5.82 Å². The molecule has 1 fully saturated rings. The third kappa shape index (κ3) is 4.71. The summed E-state index contributed by atoms with van der Waals surface area (Å²) in [7, 11) is -3.62. The minimum Gasteiger partial charge on any atom is -0.312 e. The number of amides is 1. The highest BCUT2D eigenvalue weighted by atomic mass is 32.2. The van der Waals surface area contributed by atoms with E-state index in [1.54, 1.807) is 21.0 Å². The smallest absolute Gasteiger partial charge is 0.279 e. The van der Waals surface area contributed by atoms with Crippen LogP contribution in [0.2, 0.25) is 0 Å². The molecule has 1 saturated heterocycles. The van der Waals surface area contributed by atoms with E-state index in [4.69, 9.17) is 0 Å². The lowest BCUT2D eigenvalue weighted by atomic mass is 10.0. The fourth-order valence-corrected chi connectivity index (χ4v) is 7.02. The average Bonchev–Trinajstić information content (AvgIpc) is 3.15. The van der Waals surface area contributed by atoms with Crippen molar-refractivity contribution >= 4 is 37.5 Å². The van der Waals surface area contributed by atoms with Crippen LogP contribution in [0.5, 0.6) is 0 Å². The standard InChI is InChI=1S/C24H26FN3O3S2/c1-3-14-27-21-13-10-18(25)16-22(21)32-24(27)26-23(29)17-8-11-20(12-9-17)33(30,31)28-15-6-5-7-19(28)4-2/h3,8-13,16,19H,1,4-7,14-15H2,2H3. The average molecular weight is 488 g/mol. The molecule has 1 unspecified atom stereocenters. The van der Waals surface area contributed by atoms with Gasteiger partial charge in [-0.05, 0) is 61.7 Å². The lowest BCUT2D eigenvalue weighted by Gasteiger charge is -2.34. The monoisotopic (exact) mass is 487 g/mol. The molecule has 2 heterocycles. The Labute approximate surface area is 196 Å². The molecule has 174 valence electrons. The minimum atomic E-state index is -3.62. The van der Waals surface area contributed by atoms with Crippen LogP contribution in [0.15, 0.2) is 65.0 Å². The molecule has 2 aromatic carbocycles. The Hall–Kier alpha value is -2.62. The second-order valence-electron chi connectivity index (χ2n) is 8.01. The maximum absolute atomic E-state index is 13.6. The molecule has 0 spiro atoms. The van der Waals surface area contributed by atoms with Gasteiger partial charge in [0.25, 0.3) is 5.91 Å². The molecule has 3 aromatic rings. The second kappa shape index (κ2) is 9.70. The van der Waals surface area contributed by atoms with Gasteiger partial charge in [0.15, 0.2) is 4.80 Å². The van der Waals surface area contributed by atoms with Gasteiger partial charge in [-0.15, -0.1) is 6.58 Å². The summed E-state index contributed by atoms with van der Waals surface area (Å²) in [6.45, 7) is 6.69. The van der Waals surface area contributed by atoms with Gasteiger partial charge in [-0.3, -0.25) is 4.79 Å². The van der Waals surface area contributed by atoms with Gasteiger partial charge >= 0.3 is 0 Å². The van der Waals surface area contributed by atoms with Gasteiger partial charge in [0.05, 0.1) is 15.1 Å². The van der Waals surface area contributed by atoms with Gasteiger partial charge < -0.3 is 4.57 Å². The van der Waals surface area contributed by atoms with Crippen molar-refractivity contribution in [3.63, 3.8) is 0 Å². The number of rotatable bonds is 6. The normalized spacial score (nSPS) is 18.0. The minimum absolute atomic E-state index is 0.0122. The lowest BCUT2D eigenvalue weighted by molar-refractivity contribution is 0.0997. The van der Waals surface area contributed by atoms with Crippen molar-refractivity contribution in [3.8, 4) is 0 Å². The molecule has 0 radical (unpaired) electrons. The number of allylic oxidation sites excluding steroid dienone is 1. The third-order valence-electron chi connectivity index (χ3n) is 5.91. The molecule has 1 aromatic heterocycles. The van der Waals surface area contributed by atoms with E-state index < -0.39 is 15.9 Å². The molecular weight excluding hydrogens is 461 g/mol. The van der Waals surface area contributed by atoms with Crippen LogP contribution in [-0.2, 0) is 16.6 Å². The van der Waals surface area contributed by atoms with E-state index in [9.17, 15) is 17.6 Å². The van der Waals surface area contributed by atoms with E-state index in [0.29, 0.717) is 22.6 Å². The molecule has 0 N–H and O–H groups in total. The number of fused-ring (bicyclic) bond motifs is 1. The summed E-state index contributed by atoms with van der Waals surface area (Å²) in [4.78, 5) is 17.7.